The molecule has 0 saturated carbocycles. The van der Waals surface area contributed by atoms with Crippen LogP contribution in [0.15, 0.2) is 46.9 Å². The highest BCUT2D eigenvalue weighted by molar-refractivity contribution is 9.10. The summed E-state index contributed by atoms with van der Waals surface area (Å²) in [7, 11) is 0. The molecule has 1 N–H and O–H groups in total. The highest BCUT2D eigenvalue weighted by Crippen LogP contribution is 2.27. The summed E-state index contributed by atoms with van der Waals surface area (Å²) < 4.78 is 1.80. The number of hydrogen-bond donors (Lipinski definition) is 1. The molecule has 0 radical (unpaired) electrons. The number of amides is 1. The van der Waals surface area contributed by atoms with Crippen LogP contribution in [0.3, 0.4) is 0 Å². The Morgan fingerprint density at radius 1 is 1.25 bits per heavy atom. The number of para-hydroxylation sites is 1. The summed E-state index contributed by atoms with van der Waals surface area (Å²) in [5, 5.41) is 3.87. The van der Waals surface area contributed by atoms with Crippen molar-refractivity contribution in [2.45, 2.75) is 0 Å². The van der Waals surface area contributed by atoms with Gasteiger partial charge in [-0.15, -0.1) is 0 Å². The van der Waals surface area contributed by atoms with Crippen LogP contribution < -0.4 is 5.32 Å². The van der Waals surface area contributed by atoms with Crippen LogP contribution in [0.5, 0.6) is 0 Å². The SMILES string of the molecule is O=C(Nc1nc2ccccc2s1)c1ccc(Br)c(Cl)c1. The highest BCUT2D eigenvalue weighted by Gasteiger charge is 2.11. The zero-order chi connectivity index (χ0) is 14.1. The van der Waals surface area contributed by atoms with Gasteiger partial charge in [-0.1, -0.05) is 35.1 Å². The Kier molecular flexibility index (Phi) is 3.74. The summed E-state index contributed by atoms with van der Waals surface area (Å²) in [4.78, 5) is 16.5. The van der Waals surface area contributed by atoms with Gasteiger partial charge in [0.2, 0.25) is 0 Å². The van der Waals surface area contributed by atoms with E-state index in [2.05, 4.69) is 26.2 Å². The Bertz CT molecular complexity index is 770. The largest absolute Gasteiger partial charge is 0.298 e. The van der Waals surface area contributed by atoms with Crippen molar-refractivity contribution in [2.24, 2.45) is 0 Å². The molecule has 2 aromatic carbocycles. The molecule has 0 aliphatic carbocycles. The summed E-state index contributed by atoms with van der Waals surface area (Å²) in [6.07, 6.45) is 0. The zero-order valence-electron chi connectivity index (χ0n) is 10.1. The van der Waals surface area contributed by atoms with E-state index in [-0.39, 0.29) is 5.91 Å². The van der Waals surface area contributed by atoms with E-state index in [4.69, 9.17) is 11.6 Å². The van der Waals surface area contributed by atoms with Crippen molar-refractivity contribution in [3.8, 4) is 0 Å². The fourth-order valence-corrected chi connectivity index (χ4v) is 3.02. The first-order valence-corrected chi connectivity index (χ1v) is 7.74. The quantitative estimate of drug-likeness (QED) is 0.695. The predicted octanol–water partition coefficient (Wildman–Crippen LogP) is 4.96. The van der Waals surface area contributed by atoms with Crippen molar-refractivity contribution in [3.05, 3.63) is 57.5 Å². The molecule has 0 aliphatic heterocycles. The van der Waals surface area contributed by atoms with Crippen LogP contribution in [0.25, 0.3) is 10.2 Å². The van der Waals surface area contributed by atoms with Crippen molar-refractivity contribution >= 4 is 60.1 Å². The number of rotatable bonds is 2. The Balaban J connectivity index is 1.86. The first kappa shape index (κ1) is 13.5. The van der Waals surface area contributed by atoms with E-state index in [1.165, 1.54) is 11.3 Å². The van der Waals surface area contributed by atoms with Gasteiger partial charge in [0.25, 0.3) is 5.91 Å². The molecule has 0 saturated heterocycles. The molecular weight excluding hydrogens is 360 g/mol. The smallest absolute Gasteiger partial charge is 0.257 e. The number of anilines is 1. The molecular formula is C14H8BrClN2OS. The number of hydrogen-bond acceptors (Lipinski definition) is 3. The molecule has 1 heterocycles. The molecule has 0 atom stereocenters. The second-order valence-corrected chi connectivity index (χ2v) is 6.36. The van der Waals surface area contributed by atoms with Gasteiger partial charge in [0.1, 0.15) is 0 Å². The first-order valence-electron chi connectivity index (χ1n) is 5.75. The Hall–Kier alpha value is -1.43. The van der Waals surface area contributed by atoms with Crippen molar-refractivity contribution in [1.82, 2.24) is 4.98 Å². The number of aromatic nitrogens is 1. The molecule has 100 valence electrons. The van der Waals surface area contributed by atoms with Gasteiger partial charge in [0.15, 0.2) is 5.13 Å². The number of thiazole rings is 1. The van der Waals surface area contributed by atoms with Crippen LogP contribution in [0.1, 0.15) is 10.4 Å². The Labute approximate surface area is 132 Å². The molecule has 1 amide bonds. The summed E-state index contributed by atoms with van der Waals surface area (Å²) in [6, 6.07) is 12.8. The van der Waals surface area contributed by atoms with Gasteiger partial charge in [-0.3, -0.25) is 10.1 Å². The van der Waals surface area contributed by atoms with Gasteiger partial charge in [0.05, 0.1) is 15.2 Å². The third-order valence-electron chi connectivity index (χ3n) is 2.70. The summed E-state index contributed by atoms with van der Waals surface area (Å²) in [5.74, 6) is -0.224. The van der Waals surface area contributed by atoms with Gasteiger partial charge in [-0.05, 0) is 46.3 Å². The molecule has 3 rings (SSSR count). The van der Waals surface area contributed by atoms with E-state index < -0.39 is 0 Å². The van der Waals surface area contributed by atoms with Crippen molar-refractivity contribution in [3.63, 3.8) is 0 Å². The molecule has 6 heteroatoms. The normalized spacial score (nSPS) is 10.7. The zero-order valence-corrected chi connectivity index (χ0v) is 13.2. The second kappa shape index (κ2) is 5.52. The highest BCUT2D eigenvalue weighted by atomic mass is 79.9. The maximum absolute atomic E-state index is 12.1. The van der Waals surface area contributed by atoms with Gasteiger partial charge >= 0.3 is 0 Å². The van der Waals surface area contributed by atoms with Crippen molar-refractivity contribution in [2.75, 3.05) is 5.32 Å². The maximum atomic E-state index is 12.1. The molecule has 0 spiro atoms. The molecule has 1 aromatic heterocycles. The van der Waals surface area contributed by atoms with Crippen LogP contribution >= 0.6 is 38.9 Å². The standard InChI is InChI=1S/C14H8BrClN2OS/c15-9-6-5-8(7-10(9)16)13(19)18-14-17-11-3-1-2-4-12(11)20-14/h1-7H,(H,17,18,19). The predicted molar refractivity (Wildman–Crippen MR) is 86.7 cm³/mol. The fraction of sp³-hybridized carbons (Fsp3) is 0. The van der Waals surface area contributed by atoms with Crippen LogP contribution in [-0.2, 0) is 0 Å². The van der Waals surface area contributed by atoms with Gasteiger partial charge in [-0.25, -0.2) is 4.98 Å². The third kappa shape index (κ3) is 2.70. The van der Waals surface area contributed by atoms with Crippen molar-refractivity contribution < 1.29 is 4.79 Å². The Morgan fingerprint density at radius 3 is 2.80 bits per heavy atom. The molecule has 3 nitrogen and oxygen atoms in total. The number of nitrogens with zero attached hydrogens (tertiary/aromatic N) is 1. The minimum Gasteiger partial charge on any atom is -0.298 e. The van der Waals surface area contributed by atoms with Crippen LogP contribution in [0.2, 0.25) is 5.02 Å². The maximum Gasteiger partial charge on any atom is 0.257 e. The lowest BCUT2D eigenvalue weighted by atomic mass is 10.2. The van der Waals surface area contributed by atoms with E-state index in [1.807, 2.05) is 24.3 Å². The summed E-state index contributed by atoms with van der Waals surface area (Å²) in [5.41, 5.74) is 1.37. The topological polar surface area (TPSA) is 42.0 Å². The lowest BCUT2D eigenvalue weighted by molar-refractivity contribution is 0.102. The lowest BCUT2D eigenvalue weighted by Crippen LogP contribution is -2.11. The fourth-order valence-electron chi connectivity index (χ4n) is 1.73. The van der Waals surface area contributed by atoms with E-state index >= 15 is 0 Å². The number of fused-ring (bicyclic) bond motifs is 1. The first-order chi connectivity index (χ1) is 9.63. The van der Waals surface area contributed by atoms with E-state index in [1.54, 1.807) is 18.2 Å². The molecule has 0 bridgehead atoms. The van der Waals surface area contributed by atoms with Crippen LogP contribution in [0.4, 0.5) is 5.13 Å². The number of nitrogens with one attached hydrogen (secondary N) is 1. The average Bonchev–Trinajstić information content (AvgIpc) is 2.83. The number of benzene rings is 2. The molecule has 0 fully saturated rings. The van der Waals surface area contributed by atoms with E-state index in [0.717, 1.165) is 14.7 Å². The monoisotopic (exact) mass is 366 g/mol. The van der Waals surface area contributed by atoms with Crippen LogP contribution in [0, 0.1) is 0 Å². The third-order valence-corrected chi connectivity index (χ3v) is 4.88. The van der Waals surface area contributed by atoms with Gasteiger partial charge in [0, 0.05) is 10.0 Å². The minimum absolute atomic E-state index is 0.224. The van der Waals surface area contributed by atoms with Crippen LogP contribution in [-0.4, -0.2) is 10.9 Å². The number of halogens is 2. The molecule has 20 heavy (non-hydrogen) atoms. The average molecular weight is 368 g/mol. The van der Waals surface area contributed by atoms with Gasteiger partial charge in [-0.2, -0.15) is 0 Å². The lowest BCUT2D eigenvalue weighted by Gasteiger charge is -2.03. The number of carbonyl (C=O) groups excluding carboxylic acids is 1. The molecule has 0 unspecified atom stereocenters. The molecule has 3 aromatic rings. The summed E-state index contributed by atoms with van der Waals surface area (Å²) >= 11 is 10.7. The number of carbonyl (C=O) groups is 1. The second-order valence-electron chi connectivity index (χ2n) is 4.07. The minimum atomic E-state index is -0.224. The van der Waals surface area contributed by atoms with Crippen molar-refractivity contribution in [1.29, 1.82) is 0 Å². The molecule has 0 aliphatic rings. The van der Waals surface area contributed by atoms with Gasteiger partial charge < -0.3 is 0 Å². The van der Waals surface area contributed by atoms with E-state index in [0.29, 0.717) is 15.7 Å². The van der Waals surface area contributed by atoms with E-state index in [9.17, 15) is 4.79 Å². The summed E-state index contributed by atoms with van der Waals surface area (Å²) in [6.45, 7) is 0. The Morgan fingerprint density at radius 2 is 2.05 bits per heavy atom.